The molecule has 0 bridgehead atoms. The summed E-state index contributed by atoms with van der Waals surface area (Å²) in [6, 6.07) is 16.8. The fraction of sp³-hybridized carbons (Fsp3) is 0.350. The normalized spacial score (nSPS) is 18.4. The summed E-state index contributed by atoms with van der Waals surface area (Å²) in [7, 11) is -1.47. The van der Waals surface area contributed by atoms with Crippen LogP contribution in [0.3, 0.4) is 0 Å². The Balaban J connectivity index is 1.80. The van der Waals surface area contributed by atoms with E-state index in [1.165, 1.54) is 0 Å². The highest BCUT2D eigenvalue weighted by molar-refractivity contribution is 7.91. The third-order valence-corrected chi connectivity index (χ3v) is 6.41. The zero-order valence-electron chi connectivity index (χ0n) is 14.8. The van der Waals surface area contributed by atoms with E-state index < -0.39 is 9.84 Å². The fourth-order valence-corrected chi connectivity index (χ4v) is 5.01. The minimum absolute atomic E-state index is 0.0453. The number of nitrogens with zero attached hydrogens (tertiary/aromatic N) is 1. The third kappa shape index (κ3) is 4.64. The molecule has 0 saturated carbocycles. The number of hydrogen-bond acceptors (Lipinski definition) is 4. The average Bonchev–Trinajstić information content (AvgIpc) is 3.00. The van der Waals surface area contributed by atoms with Gasteiger partial charge in [-0.25, -0.2) is 8.42 Å². The molecule has 1 atom stereocenters. The predicted molar refractivity (Wildman–Crippen MR) is 101 cm³/mol. The molecule has 1 amide bonds. The van der Waals surface area contributed by atoms with E-state index in [0.717, 1.165) is 11.1 Å². The first-order valence-electron chi connectivity index (χ1n) is 8.63. The molecule has 0 unspecified atom stereocenters. The van der Waals surface area contributed by atoms with Gasteiger partial charge in [-0.15, -0.1) is 0 Å². The maximum atomic E-state index is 13.0. The lowest BCUT2D eigenvalue weighted by molar-refractivity contribution is -0.133. The van der Waals surface area contributed by atoms with Crippen molar-refractivity contribution in [3.05, 3.63) is 65.7 Å². The predicted octanol–water partition coefficient (Wildman–Crippen LogP) is 2.45. The molecule has 26 heavy (non-hydrogen) atoms. The first kappa shape index (κ1) is 18.5. The number of carbonyl (C=O) groups excluding carboxylic acids is 1. The molecule has 0 radical (unpaired) electrons. The lowest BCUT2D eigenvalue weighted by Crippen LogP contribution is -2.41. The number of sulfone groups is 1. The number of carbonyl (C=O) groups is 1. The summed E-state index contributed by atoms with van der Waals surface area (Å²) in [6.07, 6.45) is 0.722. The Morgan fingerprint density at radius 2 is 1.85 bits per heavy atom. The second-order valence-electron chi connectivity index (χ2n) is 6.59. The molecule has 2 aromatic carbocycles. The number of rotatable bonds is 6. The van der Waals surface area contributed by atoms with Crippen LogP contribution in [-0.2, 0) is 27.6 Å². The topological polar surface area (TPSA) is 63.7 Å². The second kappa shape index (κ2) is 7.91. The number of amides is 1. The molecule has 5 nitrogen and oxygen atoms in total. The van der Waals surface area contributed by atoms with Crippen molar-refractivity contribution in [2.24, 2.45) is 0 Å². The van der Waals surface area contributed by atoms with Crippen LogP contribution in [0.15, 0.2) is 54.6 Å². The molecule has 1 aliphatic rings. The highest BCUT2D eigenvalue weighted by Gasteiger charge is 2.34. The van der Waals surface area contributed by atoms with Crippen LogP contribution in [0.5, 0.6) is 5.75 Å². The first-order valence-corrected chi connectivity index (χ1v) is 10.5. The Hall–Kier alpha value is -2.34. The highest BCUT2D eigenvalue weighted by atomic mass is 32.2. The van der Waals surface area contributed by atoms with Crippen LogP contribution >= 0.6 is 0 Å². The van der Waals surface area contributed by atoms with E-state index in [2.05, 4.69) is 0 Å². The zero-order chi connectivity index (χ0) is 18.6. The maximum Gasteiger partial charge on any atom is 0.227 e. The van der Waals surface area contributed by atoms with Crippen molar-refractivity contribution < 1.29 is 17.9 Å². The van der Waals surface area contributed by atoms with Crippen molar-refractivity contribution >= 4 is 15.7 Å². The van der Waals surface area contributed by atoms with Crippen LogP contribution in [-0.4, -0.2) is 43.9 Å². The van der Waals surface area contributed by atoms with Gasteiger partial charge in [0.15, 0.2) is 9.84 Å². The molecule has 138 valence electrons. The van der Waals surface area contributed by atoms with Crippen molar-refractivity contribution in [1.82, 2.24) is 4.90 Å². The van der Waals surface area contributed by atoms with Crippen LogP contribution in [0.25, 0.3) is 0 Å². The Labute approximate surface area is 154 Å². The molecular formula is C20H23NO4S. The van der Waals surface area contributed by atoms with Crippen LogP contribution in [0.2, 0.25) is 0 Å². The second-order valence-corrected chi connectivity index (χ2v) is 8.82. The van der Waals surface area contributed by atoms with E-state index in [9.17, 15) is 13.2 Å². The van der Waals surface area contributed by atoms with Gasteiger partial charge >= 0.3 is 0 Å². The Morgan fingerprint density at radius 3 is 2.50 bits per heavy atom. The summed E-state index contributed by atoms with van der Waals surface area (Å²) in [5.41, 5.74) is 1.85. The zero-order valence-corrected chi connectivity index (χ0v) is 15.6. The Bertz CT molecular complexity index is 864. The summed E-state index contributed by atoms with van der Waals surface area (Å²) in [5.74, 6) is 0.830. The molecule has 3 rings (SSSR count). The van der Waals surface area contributed by atoms with E-state index in [-0.39, 0.29) is 29.9 Å². The molecule has 1 aliphatic heterocycles. The van der Waals surface area contributed by atoms with Crippen molar-refractivity contribution in [3.63, 3.8) is 0 Å². The van der Waals surface area contributed by atoms with Gasteiger partial charge in [0, 0.05) is 12.6 Å². The van der Waals surface area contributed by atoms with Gasteiger partial charge in [0.25, 0.3) is 0 Å². The first-order chi connectivity index (χ1) is 12.5. The van der Waals surface area contributed by atoms with E-state index in [4.69, 9.17) is 4.74 Å². The van der Waals surface area contributed by atoms with Crippen LogP contribution in [0.4, 0.5) is 0 Å². The van der Waals surface area contributed by atoms with Gasteiger partial charge in [-0.2, -0.15) is 0 Å². The largest absolute Gasteiger partial charge is 0.497 e. The summed E-state index contributed by atoms with van der Waals surface area (Å²) in [5, 5.41) is 0. The van der Waals surface area contributed by atoms with Crippen molar-refractivity contribution in [3.8, 4) is 5.75 Å². The van der Waals surface area contributed by atoms with E-state index in [1.807, 2.05) is 54.6 Å². The highest BCUT2D eigenvalue weighted by Crippen LogP contribution is 2.22. The lowest BCUT2D eigenvalue weighted by atomic mass is 10.1. The summed E-state index contributed by atoms with van der Waals surface area (Å²) < 4.78 is 29.0. The van der Waals surface area contributed by atoms with Gasteiger partial charge in [-0.05, 0) is 29.7 Å². The number of ether oxygens (including phenoxy) is 1. The van der Waals surface area contributed by atoms with E-state index in [0.29, 0.717) is 18.7 Å². The van der Waals surface area contributed by atoms with Gasteiger partial charge in [0.2, 0.25) is 5.91 Å². The smallest absolute Gasteiger partial charge is 0.227 e. The molecule has 0 spiro atoms. The monoisotopic (exact) mass is 373 g/mol. The average molecular weight is 373 g/mol. The lowest BCUT2D eigenvalue weighted by Gasteiger charge is -2.28. The standard InChI is InChI=1S/C20H23NO4S/c1-25-19-9-5-8-17(12-19)13-20(22)21(14-16-6-3-2-4-7-16)18-10-11-26(23,24)15-18/h2-9,12,18H,10-11,13-15H2,1H3/t18-/m1/s1. The number of methoxy groups -OCH3 is 1. The van der Waals surface area contributed by atoms with Crippen molar-refractivity contribution in [2.75, 3.05) is 18.6 Å². The quantitative estimate of drug-likeness (QED) is 0.780. The van der Waals surface area contributed by atoms with Gasteiger partial charge < -0.3 is 9.64 Å². The summed E-state index contributed by atoms with van der Waals surface area (Å²) >= 11 is 0. The van der Waals surface area contributed by atoms with Gasteiger partial charge in [-0.1, -0.05) is 42.5 Å². The van der Waals surface area contributed by atoms with Gasteiger partial charge in [-0.3, -0.25) is 4.79 Å². The molecule has 1 heterocycles. The Kier molecular flexibility index (Phi) is 5.61. The summed E-state index contributed by atoms with van der Waals surface area (Å²) in [4.78, 5) is 14.7. The Morgan fingerprint density at radius 1 is 1.12 bits per heavy atom. The maximum absolute atomic E-state index is 13.0. The molecular weight excluding hydrogens is 350 g/mol. The molecule has 6 heteroatoms. The fourth-order valence-electron chi connectivity index (χ4n) is 3.28. The number of benzene rings is 2. The van der Waals surface area contributed by atoms with Crippen LogP contribution < -0.4 is 4.74 Å². The third-order valence-electron chi connectivity index (χ3n) is 4.65. The molecule has 1 saturated heterocycles. The van der Waals surface area contributed by atoms with E-state index >= 15 is 0 Å². The van der Waals surface area contributed by atoms with E-state index in [1.54, 1.807) is 12.0 Å². The number of hydrogen-bond donors (Lipinski definition) is 0. The molecule has 2 aromatic rings. The van der Waals surface area contributed by atoms with Crippen LogP contribution in [0.1, 0.15) is 17.5 Å². The molecule has 0 aromatic heterocycles. The van der Waals surface area contributed by atoms with Crippen molar-refractivity contribution in [2.45, 2.75) is 25.4 Å². The van der Waals surface area contributed by atoms with Gasteiger partial charge in [0.05, 0.1) is 25.0 Å². The summed E-state index contributed by atoms with van der Waals surface area (Å²) in [6.45, 7) is 0.420. The molecule has 0 N–H and O–H groups in total. The molecule has 1 fully saturated rings. The van der Waals surface area contributed by atoms with Gasteiger partial charge in [0.1, 0.15) is 5.75 Å². The minimum Gasteiger partial charge on any atom is -0.497 e. The van der Waals surface area contributed by atoms with Crippen molar-refractivity contribution in [1.29, 1.82) is 0 Å². The minimum atomic E-state index is -3.06. The molecule has 0 aliphatic carbocycles. The van der Waals surface area contributed by atoms with Crippen LogP contribution in [0, 0.1) is 0 Å². The SMILES string of the molecule is COc1cccc(CC(=O)N(Cc2ccccc2)[C@@H]2CCS(=O)(=O)C2)c1.